The summed E-state index contributed by atoms with van der Waals surface area (Å²) in [7, 11) is 1.91. The zero-order valence-corrected chi connectivity index (χ0v) is 11.5. The summed E-state index contributed by atoms with van der Waals surface area (Å²) >= 11 is 0. The molecule has 0 saturated carbocycles. The third-order valence-electron chi connectivity index (χ3n) is 3.86. The van der Waals surface area contributed by atoms with Crippen LogP contribution in [0.5, 0.6) is 0 Å². The van der Waals surface area contributed by atoms with Gasteiger partial charge in [-0.05, 0) is 25.3 Å². The Labute approximate surface area is 120 Å². The molecule has 1 aliphatic carbocycles. The van der Waals surface area contributed by atoms with Gasteiger partial charge < -0.3 is 5.32 Å². The Hall–Kier alpha value is -2.44. The van der Waals surface area contributed by atoms with Gasteiger partial charge in [-0.1, -0.05) is 0 Å². The summed E-state index contributed by atoms with van der Waals surface area (Å²) < 4.78 is 15.5. The molecule has 1 heterocycles. The Morgan fingerprint density at radius 1 is 1.52 bits per heavy atom. The molecule has 0 amide bonds. The quantitative estimate of drug-likeness (QED) is 0.696. The topological polar surface area (TPSA) is 73.0 Å². The molecule has 0 radical (unpaired) electrons. The van der Waals surface area contributed by atoms with Crippen LogP contribution in [0.2, 0.25) is 0 Å². The first kappa shape index (κ1) is 13.5. The van der Waals surface area contributed by atoms with E-state index in [9.17, 15) is 14.5 Å². The molecule has 0 fully saturated rings. The van der Waals surface area contributed by atoms with E-state index in [4.69, 9.17) is 0 Å². The maximum atomic E-state index is 13.7. The van der Waals surface area contributed by atoms with Crippen LogP contribution >= 0.6 is 0 Å². The predicted octanol–water partition coefficient (Wildman–Crippen LogP) is 2.96. The lowest BCUT2D eigenvalue weighted by Crippen LogP contribution is -2.17. The third kappa shape index (κ3) is 2.46. The molecule has 0 aliphatic heterocycles. The number of nitrogens with zero attached hydrogens (tertiary/aromatic N) is 3. The summed E-state index contributed by atoms with van der Waals surface area (Å²) in [6, 6.07) is 3.95. The smallest absolute Gasteiger partial charge is 0.304 e. The molecule has 1 N–H and O–H groups in total. The van der Waals surface area contributed by atoms with Crippen molar-refractivity contribution in [2.75, 3.05) is 5.32 Å². The number of halogens is 1. The Morgan fingerprint density at radius 3 is 3.05 bits per heavy atom. The number of benzene rings is 1. The molecule has 1 aliphatic rings. The fourth-order valence-corrected chi connectivity index (χ4v) is 2.80. The first-order valence-electron chi connectivity index (χ1n) is 6.77. The van der Waals surface area contributed by atoms with Crippen molar-refractivity contribution in [1.82, 2.24) is 9.78 Å². The maximum absolute atomic E-state index is 13.7. The lowest BCUT2D eigenvalue weighted by Gasteiger charge is -2.24. The van der Waals surface area contributed by atoms with Gasteiger partial charge in [0.15, 0.2) is 0 Å². The van der Waals surface area contributed by atoms with Crippen molar-refractivity contribution in [2.24, 2.45) is 7.05 Å². The fraction of sp³-hybridized carbons (Fsp3) is 0.357. The van der Waals surface area contributed by atoms with Gasteiger partial charge in [0, 0.05) is 36.1 Å². The molecule has 7 heteroatoms. The van der Waals surface area contributed by atoms with Crippen molar-refractivity contribution in [3.05, 3.63) is 51.6 Å². The zero-order valence-electron chi connectivity index (χ0n) is 11.5. The largest absolute Gasteiger partial charge is 0.378 e. The molecule has 1 aromatic heterocycles. The Balaban J connectivity index is 1.85. The van der Waals surface area contributed by atoms with E-state index in [0.29, 0.717) is 5.69 Å². The fourth-order valence-electron chi connectivity index (χ4n) is 2.80. The summed E-state index contributed by atoms with van der Waals surface area (Å²) in [6.07, 6.45) is 4.77. The minimum absolute atomic E-state index is 0.0586. The van der Waals surface area contributed by atoms with Gasteiger partial charge in [-0.3, -0.25) is 14.8 Å². The number of aryl methyl sites for hydroxylation is 1. The highest BCUT2D eigenvalue weighted by Gasteiger charge is 2.24. The molecular formula is C14H15FN4O2. The summed E-state index contributed by atoms with van der Waals surface area (Å²) in [6.45, 7) is 0. The van der Waals surface area contributed by atoms with E-state index in [-0.39, 0.29) is 6.04 Å². The van der Waals surface area contributed by atoms with Crippen LogP contribution in [0.25, 0.3) is 0 Å². The third-order valence-corrected chi connectivity index (χ3v) is 3.86. The Morgan fingerprint density at radius 2 is 2.33 bits per heavy atom. The standard InChI is InChI=1S/C14H15FN4O2/c1-18-13-4-2-3-12(10(13)8-16-18)17-9-5-6-14(19(20)21)11(15)7-9/h5-8,12,17H,2-4H2,1H3. The highest BCUT2D eigenvalue weighted by molar-refractivity contribution is 5.51. The van der Waals surface area contributed by atoms with Gasteiger partial charge in [0.25, 0.3) is 0 Å². The van der Waals surface area contributed by atoms with Crippen LogP contribution in [0.4, 0.5) is 15.8 Å². The molecular weight excluding hydrogens is 275 g/mol. The van der Waals surface area contributed by atoms with Gasteiger partial charge >= 0.3 is 5.69 Å². The van der Waals surface area contributed by atoms with E-state index in [0.717, 1.165) is 24.8 Å². The van der Waals surface area contributed by atoms with Crippen molar-refractivity contribution >= 4 is 11.4 Å². The molecule has 3 rings (SSSR count). The van der Waals surface area contributed by atoms with E-state index < -0.39 is 16.4 Å². The predicted molar refractivity (Wildman–Crippen MR) is 75.6 cm³/mol. The number of hydrogen-bond donors (Lipinski definition) is 1. The molecule has 21 heavy (non-hydrogen) atoms. The number of nitrogens with one attached hydrogen (secondary N) is 1. The van der Waals surface area contributed by atoms with Crippen LogP contribution in [-0.2, 0) is 13.5 Å². The molecule has 1 aromatic carbocycles. The van der Waals surface area contributed by atoms with Gasteiger partial charge in [0.2, 0.25) is 5.82 Å². The zero-order chi connectivity index (χ0) is 15.0. The van der Waals surface area contributed by atoms with Gasteiger partial charge in [-0.15, -0.1) is 0 Å². The minimum Gasteiger partial charge on any atom is -0.378 e. The molecule has 1 atom stereocenters. The van der Waals surface area contributed by atoms with E-state index in [1.54, 1.807) is 0 Å². The second-order valence-electron chi connectivity index (χ2n) is 5.18. The van der Waals surface area contributed by atoms with Gasteiger partial charge in [-0.2, -0.15) is 9.49 Å². The van der Waals surface area contributed by atoms with Crippen LogP contribution in [0, 0.1) is 15.9 Å². The maximum Gasteiger partial charge on any atom is 0.304 e. The molecule has 0 spiro atoms. The lowest BCUT2D eigenvalue weighted by molar-refractivity contribution is -0.387. The van der Waals surface area contributed by atoms with Crippen molar-refractivity contribution in [1.29, 1.82) is 0 Å². The van der Waals surface area contributed by atoms with Crippen LogP contribution in [0.15, 0.2) is 24.4 Å². The Bertz CT molecular complexity index is 698. The van der Waals surface area contributed by atoms with Crippen molar-refractivity contribution in [2.45, 2.75) is 25.3 Å². The monoisotopic (exact) mass is 290 g/mol. The number of hydrogen-bond acceptors (Lipinski definition) is 4. The van der Waals surface area contributed by atoms with Crippen LogP contribution in [-0.4, -0.2) is 14.7 Å². The lowest BCUT2D eigenvalue weighted by atomic mass is 9.93. The SMILES string of the molecule is Cn1ncc2c1CCCC2Nc1ccc([N+](=O)[O-])c(F)c1. The van der Waals surface area contributed by atoms with Gasteiger partial charge in [-0.25, -0.2) is 0 Å². The first-order chi connectivity index (χ1) is 10.1. The number of anilines is 1. The average Bonchev–Trinajstić information content (AvgIpc) is 2.81. The molecule has 0 bridgehead atoms. The van der Waals surface area contributed by atoms with E-state index in [1.807, 2.05) is 17.9 Å². The van der Waals surface area contributed by atoms with Gasteiger partial charge in [0.1, 0.15) is 0 Å². The van der Waals surface area contributed by atoms with Crippen molar-refractivity contribution < 1.29 is 9.31 Å². The van der Waals surface area contributed by atoms with Crippen LogP contribution in [0.3, 0.4) is 0 Å². The number of fused-ring (bicyclic) bond motifs is 1. The second kappa shape index (κ2) is 5.16. The van der Waals surface area contributed by atoms with E-state index in [1.165, 1.54) is 23.9 Å². The normalized spacial score (nSPS) is 17.3. The summed E-state index contributed by atoms with van der Waals surface area (Å²) in [5.41, 5.74) is 2.33. The molecule has 110 valence electrons. The molecule has 1 unspecified atom stereocenters. The molecule has 0 saturated heterocycles. The van der Waals surface area contributed by atoms with Crippen molar-refractivity contribution in [3.8, 4) is 0 Å². The number of rotatable bonds is 3. The highest BCUT2D eigenvalue weighted by Crippen LogP contribution is 2.33. The van der Waals surface area contributed by atoms with E-state index in [2.05, 4.69) is 10.4 Å². The van der Waals surface area contributed by atoms with E-state index >= 15 is 0 Å². The average molecular weight is 290 g/mol. The summed E-state index contributed by atoms with van der Waals surface area (Å²) in [4.78, 5) is 9.90. The van der Waals surface area contributed by atoms with Crippen molar-refractivity contribution in [3.63, 3.8) is 0 Å². The van der Waals surface area contributed by atoms with Crippen LogP contribution < -0.4 is 5.32 Å². The summed E-state index contributed by atoms with van der Waals surface area (Å²) in [5, 5.41) is 18.1. The highest BCUT2D eigenvalue weighted by atomic mass is 19.1. The minimum atomic E-state index is -0.827. The molecule has 2 aromatic rings. The first-order valence-corrected chi connectivity index (χ1v) is 6.77. The second-order valence-corrected chi connectivity index (χ2v) is 5.18. The molecule has 6 nitrogen and oxygen atoms in total. The van der Waals surface area contributed by atoms with Gasteiger partial charge in [0.05, 0.1) is 17.2 Å². The number of nitro groups is 1. The number of aromatic nitrogens is 2. The summed E-state index contributed by atoms with van der Waals surface area (Å²) in [5.74, 6) is -0.827. The Kier molecular flexibility index (Phi) is 3.32. The number of nitro benzene ring substituents is 1. The van der Waals surface area contributed by atoms with Crippen LogP contribution in [0.1, 0.15) is 30.1 Å².